The third-order valence-corrected chi connectivity index (χ3v) is 1.76. The smallest absolute Gasteiger partial charge is 0.325 e. The SMILES string of the molecule is CN[C@@H](C(=O)O)c1ccc(O)cc1. The van der Waals surface area contributed by atoms with Crippen LogP contribution in [0.4, 0.5) is 0 Å². The average Bonchev–Trinajstić information content (AvgIpc) is 2.09. The van der Waals surface area contributed by atoms with Crippen LogP contribution < -0.4 is 5.32 Å². The second-order valence-electron chi connectivity index (χ2n) is 2.65. The van der Waals surface area contributed by atoms with Gasteiger partial charge in [-0.05, 0) is 24.7 Å². The second kappa shape index (κ2) is 3.91. The summed E-state index contributed by atoms with van der Waals surface area (Å²) in [6.45, 7) is 0. The van der Waals surface area contributed by atoms with Gasteiger partial charge in [0.1, 0.15) is 11.8 Å². The number of carbonyl (C=O) groups is 1. The summed E-state index contributed by atoms with van der Waals surface area (Å²) in [6, 6.07) is 5.35. The maximum Gasteiger partial charge on any atom is 0.325 e. The maximum atomic E-state index is 10.7. The van der Waals surface area contributed by atoms with E-state index in [0.29, 0.717) is 5.56 Å². The van der Waals surface area contributed by atoms with Crippen LogP contribution >= 0.6 is 0 Å². The molecule has 3 N–H and O–H groups in total. The fourth-order valence-electron chi connectivity index (χ4n) is 1.10. The van der Waals surface area contributed by atoms with E-state index < -0.39 is 12.0 Å². The minimum absolute atomic E-state index is 0.129. The fraction of sp³-hybridized carbons (Fsp3) is 0.222. The van der Waals surface area contributed by atoms with Gasteiger partial charge in [0.25, 0.3) is 0 Å². The zero-order valence-electron chi connectivity index (χ0n) is 7.19. The molecule has 0 heterocycles. The highest BCUT2D eigenvalue weighted by atomic mass is 16.4. The first-order valence-corrected chi connectivity index (χ1v) is 3.84. The van der Waals surface area contributed by atoms with E-state index in [1.807, 2.05) is 0 Å². The van der Waals surface area contributed by atoms with Crippen LogP contribution in [-0.2, 0) is 4.79 Å². The number of phenolic OH excluding ortho intramolecular Hbond substituents is 1. The standard InChI is InChI=1S/C9H11NO3/c1-10-8(9(12)13)6-2-4-7(11)5-3-6/h2-5,8,10-11H,1H3,(H,12,13)/t8-/m1/s1. The molecule has 0 unspecified atom stereocenters. The summed E-state index contributed by atoms with van der Waals surface area (Å²) >= 11 is 0. The average molecular weight is 181 g/mol. The highest BCUT2D eigenvalue weighted by Gasteiger charge is 2.16. The van der Waals surface area contributed by atoms with E-state index in [1.54, 1.807) is 19.2 Å². The molecule has 0 bridgehead atoms. The largest absolute Gasteiger partial charge is 0.508 e. The lowest BCUT2D eigenvalue weighted by molar-refractivity contribution is -0.139. The quantitative estimate of drug-likeness (QED) is 0.643. The molecule has 0 spiro atoms. The molecule has 4 heteroatoms. The van der Waals surface area contributed by atoms with Crippen molar-refractivity contribution in [2.45, 2.75) is 6.04 Å². The third-order valence-electron chi connectivity index (χ3n) is 1.76. The number of aromatic hydroxyl groups is 1. The molecule has 0 saturated carbocycles. The number of hydrogen-bond donors (Lipinski definition) is 3. The summed E-state index contributed by atoms with van der Waals surface area (Å²) in [5.74, 6) is -0.808. The summed E-state index contributed by atoms with van der Waals surface area (Å²) in [4.78, 5) is 10.7. The van der Waals surface area contributed by atoms with Gasteiger partial charge < -0.3 is 15.5 Å². The number of hydrogen-bond acceptors (Lipinski definition) is 3. The lowest BCUT2D eigenvalue weighted by Gasteiger charge is -2.10. The maximum absolute atomic E-state index is 10.7. The minimum Gasteiger partial charge on any atom is -0.508 e. The van der Waals surface area contributed by atoms with Gasteiger partial charge in [-0.25, -0.2) is 0 Å². The molecule has 4 nitrogen and oxygen atoms in total. The molecule has 0 aliphatic rings. The summed E-state index contributed by atoms with van der Waals surface area (Å²) in [6.07, 6.45) is 0. The molecule has 0 saturated heterocycles. The fourth-order valence-corrected chi connectivity index (χ4v) is 1.10. The number of benzene rings is 1. The molecule has 13 heavy (non-hydrogen) atoms. The van der Waals surface area contributed by atoms with Crippen LogP contribution in [0.25, 0.3) is 0 Å². The van der Waals surface area contributed by atoms with Crippen LogP contribution in [0, 0.1) is 0 Å². The van der Waals surface area contributed by atoms with Gasteiger partial charge in [-0.15, -0.1) is 0 Å². The van der Waals surface area contributed by atoms with Crippen LogP contribution in [0.5, 0.6) is 5.75 Å². The Morgan fingerprint density at radius 1 is 1.38 bits per heavy atom. The van der Waals surface area contributed by atoms with Gasteiger partial charge in [-0.1, -0.05) is 12.1 Å². The van der Waals surface area contributed by atoms with E-state index in [9.17, 15) is 4.79 Å². The molecule has 0 radical (unpaired) electrons. The monoisotopic (exact) mass is 181 g/mol. The zero-order valence-corrected chi connectivity index (χ0v) is 7.19. The Morgan fingerprint density at radius 2 is 1.92 bits per heavy atom. The van der Waals surface area contributed by atoms with Crippen molar-refractivity contribution < 1.29 is 15.0 Å². The second-order valence-corrected chi connectivity index (χ2v) is 2.65. The lowest BCUT2D eigenvalue weighted by atomic mass is 10.1. The van der Waals surface area contributed by atoms with Crippen LogP contribution in [0.2, 0.25) is 0 Å². The Kier molecular flexibility index (Phi) is 2.87. The normalized spacial score (nSPS) is 12.4. The number of phenols is 1. The molecule has 1 atom stereocenters. The number of nitrogens with one attached hydrogen (secondary N) is 1. The van der Waals surface area contributed by atoms with Crippen molar-refractivity contribution in [2.75, 3.05) is 7.05 Å². The Bertz CT molecular complexity index is 294. The predicted molar refractivity (Wildman–Crippen MR) is 47.5 cm³/mol. The summed E-state index contributed by atoms with van der Waals surface area (Å²) in [5.41, 5.74) is 0.618. The van der Waals surface area contributed by atoms with Crippen molar-refractivity contribution in [3.05, 3.63) is 29.8 Å². The topological polar surface area (TPSA) is 69.6 Å². The summed E-state index contributed by atoms with van der Waals surface area (Å²) in [5, 5.41) is 20.4. The van der Waals surface area contributed by atoms with Crippen molar-refractivity contribution >= 4 is 5.97 Å². The molecule has 1 rings (SSSR count). The molecule has 0 aliphatic heterocycles. The molecule has 1 aromatic carbocycles. The van der Waals surface area contributed by atoms with Crippen molar-refractivity contribution in [3.63, 3.8) is 0 Å². The van der Waals surface area contributed by atoms with Crippen molar-refractivity contribution in [2.24, 2.45) is 0 Å². The molecule has 0 amide bonds. The van der Waals surface area contributed by atoms with E-state index in [2.05, 4.69) is 5.32 Å². The molecular formula is C9H11NO3. The van der Waals surface area contributed by atoms with Gasteiger partial charge in [0, 0.05) is 0 Å². The van der Waals surface area contributed by atoms with E-state index >= 15 is 0 Å². The Hall–Kier alpha value is -1.55. The van der Waals surface area contributed by atoms with Gasteiger partial charge in [0.2, 0.25) is 0 Å². The van der Waals surface area contributed by atoms with E-state index in [-0.39, 0.29) is 5.75 Å². The molecule has 0 fully saturated rings. The van der Waals surface area contributed by atoms with Crippen molar-refractivity contribution in [1.82, 2.24) is 5.32 Å². The number of aliphatic carboxylic acids is 1. The number of carboxylic acid groups (broad SMARTS) is 1. The van der Waals surface area contributed by atoms with Gasteiger partial charge in [0.15, 0.2) is 0 Å². The van der Waals surface area contributed by atoms with Gasteiger partial charge in [0.05, 0.1) is 0 Å². The molecule has 0 aliphatic carbocycles. The lowest BCUT2D eigenvalue weighted by Crippen LogP contribution is -2.24. The van der Waals surface area contributed by atoms with Crippen LogP contribution in [0.1, 0.15) is 11.6 Å². The summed E-state index contributed by atoms with van der Waals surface area (Å²) in [7, 11) is 1.58. The van der Waals surface area contributed by atoms with Crippen molar-refractivity contribution in [1.29, 1.82) is 0 Å². The Morgan fingerprint density at radius 3 is 2.31 bits per heavy atom. The number of rotatable bonds is 3. The highest BCUT2D eigenvalue weighted by Crippen LogP contribution is 2.16. The zero-order chi connectivity index (χ0) is 9.84. The van der Waals surface area contributed by atoms with Crippen molar-refractivity contribution in [3.8, 4) is 5.75 Å². The van der Waals surface area contributed by atoms with Crippen LogP contribution in [0.3, 0.4) is 0 Å². The van der Waals surface area contributed by atoms with E-state index in [0.717, 1.165) is 0 Å². The van der Waals surface area contributed by atoms with Crippen LogP contribution in [0.15, 0.2) is 24.3 Å². The molecule has 0 aromatic heterocycles. The Balaban J connectivity index is 2.92. The highest BCUT2D eigenvalue weighted by molar-refractivity contribution is 5.75. The van der Waals surface area contributed by atoms with Crippen LogP contribution in [-0.4, -0.2) is 23.2 Å². The first-order valence-electron chi connectivity index (χ1n) is 3.84. The Labute approximate surface area is 75.8 Å². The summed E-state index contributed by atoms with van der Waals surface area (Å²) < 4.78 is 0. The molecule has 1 aromatic rings. The van der Waals surface area contributed by atoms with Gasteiger partial charge >= 0.3 is 5.97 Å². The third kappa shape index (κ3) is 2.19. The molecular weight excluding hydrogens is 170 g/mol. The predicted octanol–water partition coefficient (Wildman–Crippen LogP) is 0.737. The number of carboxylic acids is 1. The first kappa shape index (κ1) is 9.54. The number of likely N-dealkylation sites (N-methyl/N-ethyl adjacent to an activating group) is 1. The molecule has 70 valence electrons. The van der Waals surface area contributed by atoms with E-state index in [1.165, 1.54) is 12.1 Å². The van der Waals surface area contributed by atoms with Gasteiger partial charge in [-0.3, -0.25) is 4.79 Å². The first-order chi connectivity index (χ1) is 6.15. The minimum atomic E-state index is -0.937. The van der Waals surface area contributed by atoms with Gasteiger partial charge in [-0.2, -0.15) is 0 Å². The van der Waals surface area contributed by atoms with E-state index in [4.69, 9.17) is 10.2 Å².